The fraction of sp³-hybridized carbons (Fsp3) is 0.190. The summed E-state index contributed by atoms with van der Waals surface area (Å²) in [5.74, 6) is 0.260. The van der Waals surface area contributed by atoms with Crippen LogP contribution in [0.25, 0.3) is 11.5 Å². The Hall–Kier alpha value is -2.93. The van der Waals surface area contributed by atoms with Crippen LogP contribution in [-0.2, 0) is 4.79 Å². The monoisotopic (exact) mass is 439 g/mol. The standard InChI is InChI=1S/C21H18BrN3O3/c1-12(2)19-18(24-20(28-19)13-6-4-3-5-7-13)21(27)25-11-17(26)23-15-10-14(22)8-9-16(15)25/h3-10,12H,11H2,1-2H3,(H,23,26). The average Bonchev–Trinajstić information content (AvgIpc) is 3.13. The van der Waals surface area contributed by atoms with E-state index in [4.69, 9.17) is 4.42 Å². The lowest BCUT2D eigenvalue weighted by Gasteiger charge is -2.29. The predicted octanol–water partition coefficient (Wildman–Crippen LogP) is 4.83. The second-order valence-electron chi connectivity index (χ2n) is 6.85. The minimum Gasteiger partial charge on any atom is -0.440 e. The average molecular weight is 440 g/mol. The first-order valence-electron chi connectivity index (χ1n) is 8.91. The van der Waals surface area contributed by atoms with Crippen LogP contribution in [0.1, 0.15) is 36.0 Å². The Morgan fingerprint density at radius 1 is 1.21 bits per heavy atom. The molecular formula is C21H18BrN3O3. The van der Waals surface area contributed by atoms with E-state index in [0.717, 1.165) is 10.0 Å². The maximum absolute atomic E-state index is 13.4. The first kappa shape index (κ1) is 18.4. The lowest BCUT2D eigenvalue weighted by atomic mass is 10.1. The van der Waals surface area contributed by atoms with E-state index in [1.807, 2.05) is 50.2 Å². The molecule has 1 aliphatic rings. The second kappa shape index (κ2) is 7.24. The van der Waals surface area contributed by atoms with Gasteiger partial charge in [-0.05, 0) is 30.3 Å². The molecule has 1 aromatic heterocycles. The van der Waals surface area contributed by atoms with Gasteiger partial charge < -0.3 is 9.73 Å². The highest BCUT2D eigenvalue weighted by molar-refractivity contribution is 9.10. The Kier molecular flexibility index (Phi) is 4.77. The largest absolute Gasteiger partial charge is 0.440 e. The van der Waals surface area contributed by atoms with E-state index in [1.165, 1.54) is 4.90 Å². The van der Waals surface area contributed by atoms with Gasteiger partial charge >= 0.3 is 0 Å². The summed E-state index contributed by atoms with van der Waals surface area (Å²) in [7, 11) is 0. The number of aromatic nitrogens is 1. The number of fused-ring (bicyclic) bond motifs is 1. The van der Waals surface area contributed by atoms with Gasteiger partial charge in [0.25, 0.3) is 5.91 Å². The number of anilines is 2. The highest BCUT2D eigenvalue weighted by Crippen LogP contribution is 2.35. The van der Waals surface area contributed by atoms with E-state index in [0.29, 0.717) is 23.0 Å². The maximum atomic E-state index is 13.4. The third-order valence-electron chi connectivity index (χ3n) is 4.47. The normalized spacial score (nSPS) is 13.4. The first-order valence-corrected chi connectivity index (χ1v) is 9.70. The summed E-state index contributed by atoms with van der Waals surface area (Å²) in [5.41, 5.74) is 2.24. The minimum absolute atomic E-state index is 0.0353. The van der Waals surface area contributed by atoms with Crippen LogP contribution in [0.5, 0.6) is 0 Å². The molecule has 0 fully saturated rings. The van der Waals surface area contributed by atoms with Crippen molar-refractivity contribution in [3.05, 3.63) is 64.5 Å². The van der Waals surface area contributed by atoms with Crippen LogP contribution in [0.3, 0.4) is 0 Å². The highest BCUT2D eigenvalue weighted by atomic mass is 79.9. The SMILES string of the molecule is CC(C)c1oc(-c2ccccc2)nc1C(=O)N1CC(=O)Nc2cc(Br)ccc21. The van der Waals surface area contributed by atoms with Crippen molar-refractivity contribution in [1.82, 2.24) is 4.98 Å². The molecule has 0 aliphatic carbocycles. The van der Waals surface area contributed by atoms with Crippen LogP contribution in [0.2, 0.25) is 0 Å². The number of rotatable bonds is 3. The van der Waals surface area contributed by atoms with Gasteiger partial charge in [-0.25, -0.2) is 4.98 Å². The van der Waals surface area contributed by atoms with Gasteiger partial charge in [-0.2, -0.15) is 0 Å². The molecule has 1 aliphatic heterocycles. The molecule has 0 radical (unpaired) electrons. The molecule has 0 spiro atoms. The quantitative estimate of drug-likeness (QED) is 0.634. The number of carbonyl (C=O) groups excluding carboxylic acids is 2. The van der Waals surface area contributed by atoms with Gasteiger partial charge in [0.05, 0.1) is 11.4 Å². The summed E-state index contributed by atoms with van der Waals surface area (Å²) >= 11 is 3.39. The van der Waals surface area contributed by atoms with Gasteiger partial charge in [0.2, 0.25) is 11.8 Å². The van der Waals surface area contributed by atoms with Crippen molar-refractivity contribution in [2.45, 2.75) is 19.8 Å². The van der Waals surface area contributed by atoms with Crippen LogP contribution in [0.4, 0.5) is 11.4 Å². The molecule has 2 amide bonds. The second-order valence-corrected chi connectivity index (χ2v) is 7.77. The van der Waals surface area contributed by atoms with Crippen molar-refractivity contribution in [3.63, 3.8) is 0 Å². The summed E-state index contributed by atoms with van der Waals surface area (Å²) in [6.45, 7) is 3.82. The summed E-state index contributed by atoms with van der Waals surface area (Å²) in [4.78, 5) is 31.5. The Morgan fingerprint density at radius 3 is 2.68 bits per heavy atom. The number of carbonyl (C=O) groups is 2. The number of benzene rings is 2. The summed E-state index contributed by atoms with van der Waals surface area (Å²) < 4.78 is 6.76. The molecule has 2 aromatic carbocycles. The summed E-state index contributed by atoms with van der Waals surface area (Å²) in [6.07, 6.45) is 0. The van der Waals surface area contributed by atoms with Crippen molar-refractivity contribution in [2.24, 2.45) is 0 Å². The van der Waals surface area contributed by atoms with E-state index < -0.39 is 0 Å². The summed E-state index contributed by atoms with van der Waals surface area (Å²) in [6, 6.07) is 14.8. The van der Waals surface area contributed by atoms with Gasteiger partial charge in [-0.15, -0.1) is 0 Å². The van der Waals surface area contributed by atoms with Crippen molar-refractivity contribution in [1.29, 1.82) is 0 Å². The van der Waals surface area contributed by atoms with E-state index in [2.05, 4.69) is 26.2 Å². The number of hydrogen-bond acceptors (Lipinski definition) is 4. The van der Waals surface area contributed by atoms with Gasteiger partial charge in [0.1, 0.15) is 12.3 Å². The van der Waals surface area contributed by atoms with Gasteiger partial charge in [0, 0.05) is 16.0 Å². The molecular weight excluding hydrogens is 422 g/mol. The van der Waals surface area contributed by atoms with Crippen molar-refractivity contribution in [3.8, 4) is 11.5 Å². The van der Waals surface area contributed by atoms with Crippen molar-refractivity contribution in [2.75, 3.05) is 16.8 Å². The zero-order valence-electron chi connectivity index (χ0n) is 15.4. The molecule has 1 N–H and O–H groups in total. The van der Waals surface area contributed by atoms with Crippen LogP contribution in [-0.4, -0.2) is 23.3 Å². The number of hydrogen-bond donors (Lipinski definition) is 1. The molecule has 7 heteroatoms. The van der Waals surface area contributed by atoms with Crippen LogP contribution in [0.15, 0.2) is 57.4 Å². The summed E-state index contributed by atoms with van der Waals surface area (Å²) in [5, 5.41) is 2.80. The van der Waals surface area contributed by atoms with E-state index in [9.17, 15) is 9.59 Å². The molecule has 6 nitrogen and oxygen atoms in total. The molecule has 2 heterocycles. The molecule has 28 heavy (non-hydrogen) atoms. The van der Waals surface area contributed by atoms with Crippen molar-refractivity contribution >= 4 is 39.1 Å². The van der Waals surface area contributed by atoms with Gasteiger partial charge in [-0.3, -0.25) is 14.5 Å². The number of oxazole rings is 1. The fourth-order valence-corrected chi connectivity index (χ4v) is 3.51. The van der Waals surface area contributed by atoms with Crippen LogP contribution >= 0.6 is 15.9 Å². The zero-order chi connectivity index (χ0) is 19.8. The molecule has 0 unspecified atom stereocenters. The molecule has 0 atom stereocenters. The topological polar surface area (TPSA) is 75.4 Å². The third-order valence-corrected chi connectivity index (χ3v) is 4.96. The van der Waals surface area contributed by atoms with E-state index in [1.54, 1.807) is 12.1 Å². The number of nitrogens with one attached hydrogen (secondary N) is 1. The Bertz CT molecular complexity index is 1060. The molecule has 0 saturated heterocycles. The van der Waals surface area contributed by atoms with Crippen LogP contribution < -0.4 is 10.2 Å². The smallest absolute Gasteiger partial charge is 0.281 e. The molecule has 4 rings (SSSR count). The number of halogens is 1. The Morgan fingerprint density at radius 2 is 1.96 bits per heavy atom. The Balaban J connectivity index is 1.78. The number of nitrogens with zero attached hydrogens (tertiary/aromatic N) is 2. The molecule has 0 bridgehead atoms. The van der Waals surface area contributed by atoms with Gasteiger partial charge in [0.15, 0.2) is 5.69 Å². The number of amides is 2. The Labute approximate surface area is 170 Å². The van der Waals surface area contributed by atoms with Crippen LogP contribution in [0, 0.1) is 0 Å². The highest BCUT2D eigenvalue weighted by Gasteiger charge is 2.32. The predicted molar refractivity (Wildman–Crippen MR) is 110 cm³/mol. The fourth-order valence-electron chi connectivity index (χ4n) is 3.15. The van der Waals surface area contributed by atoms with E-state index >= 15 is 0 Å². The maximum Gasteiger partial charge on any atom is 0.281 e. The van der Waals surface area contributed by atoms with E-state index in [-0.39, 0.29) is 30.0 Å². The molecule has 142 valence electrons. The first-order chi connectivity index (χ1) is 13.4. The molecule has 0 saturated carbocycles. The van der Waals surface area contributed by atoms with Gasteiger partial charge in [-0.1, -0.05) is 48.0 Å². The van der Waals surface area contributed by atoms with Crippen molar-refractivity contribution < 1.29 is 14.0 Å². The zero-order valence-corrected chi connectivity index (χ0v) is 17.0. The lowest BCUT2D eigenvalue weighted by Crippen LogP contribution is -2.42. The lowest BCUT2D eigenvalue weighted by molar-refractivity contribution is -0.115. The molecule has 3 aromatic rings. The third kappa shape index (κ3) is 3.33. The minimum atomic E-state index is -0.354.